The third kappa shape index (κ3) is 2.69. The average molecular weight is 296 g/mol. The highest BCUT2D eigenvalue weighted by Gasteiger charge is 2.30. The van der Waals surface area contributed by atoms with E-state index in [1.54, 1.807) is 0 Å². The second-order valence-corrected chi connectivity index (χ2v) is 5.99. The maximum Gasteiger partial charge on any atom is 0.0410 e. The highest BCUT2D eigenvalue weighted by Crippen LogP contribution is 2.22. The van der Waals surface area contributed by atoms with Gasteiger partial charge >= 0.3 is 0 Å². The van der Waals surface area contributed by atoms with Crippen LogP contribution in [0.2, 0.25) is 0 Å². The fraction of sp³-hybridized carbons (Fsp3) is 0.615. The topological polar surface area (TPSA) is 19.4 Å². The SMILES string of the molecule is Brc1cncc(CN2CCN3CCCC3C2)c1. The van der Waals surface area contributed by atoms with Gasteiger partial charge in [-0.2, -0.15) is 0 Å². The van der Waals surface area contributed by atoms with Crippen molar-refractivity contribution in [2.45, 2.75) is 25.4 Å². The van der Waals surface area contributed by atoms with E-state index in [4.69, 9.17) is 0 Å². The van der Waals surface area contributed by atoms with Crippen molar-refractivity contribution in [3.8, 4) is 0 Å². The molecule has 92 valence electrons. The van der Waals surface area contributed by atoms with E-state index in [2.05, 4.69) is 36.8 Å². The largest absolute Gasteiger partial charge is 0.298 e. The van der Waals surface area contributed by atoms with Gasteiger partial charge in [0.15, 0.2) is 0 Å². The molecule has 0 bridgehead atoms. The van der Waals surface area contributed by atoms with Gasteiger partial charge in [0, 0.05) is 49.1 Å². The first-order valence-corrected chi connectivity index (χ1v) is 7.16. The van der Waals surface area contributed by atoms with Crippen LogP contribution < -0.4 is 0 Å². The standard InChI is InChI=1S/C13H18BrN3/c14-12-6-11(7-15-8-12)9-16-4-5-17-3-1-2-13(17)10-16/h6-8,13H,1-5,9-10H2. The molecule has 2 aliphatic rings. The van der Waals surface area contributed by atoms with E-state index in [-0.39, 0.29) is 0 Å². The lowest BCUT2D eigenvalue weighted by molar-refractivity contribution is 0.0993. The lowest BCUT2D eigenvalue weighted by Gasteiger charge is -2.37. The Morgan fingerprint density at radius 3 is 3.12 bits per heavy atom. The van der Waals surface area contributed by atoms with Gasteiger partial charge in [0.1, 0.15) is 0 Å². The first-order chi connectivity index (χ1) is 8.31. The molecule has 1 aromatic rings. The normalized spacial score (nSPS) is 26.1. The number of fused-ring (bicyclic) bond motifs is 1. The van der Waals surface area contributed by atoms with E-state index in [9.17, 15) is 0 Å². The number of aromatic nitrogens is 1. The lowest BCUT2D eigenvalue weighted by Crippen LogP contribution is -2.49. The predicted molar refractivity (Wildman–Crippen MR) is 71.8 cm³/mol. The Bertz CT molecular complexity index is 396. The Morgan fingerprint density at radius 1 is 1.29 bits per heavy atom. The first-order valence-electron chi connectivity index (χ1n) is 6.37. The third-order valence-corrected chi connectivity index (χ3v) is 4.27. The summed E-state index contributed by atoms with van der Waals surface area (Å²) in [7, 11) is 0. The highest BCUT2D eigenvalue weighted by molar-refractivity contribution is 9.10. The summed E-state index contributed by atoms with van der Waals surface area (Å²) in [4.78, 5) is 9.45. The molecule has 0 saturated carbocycles. The molecule has 1 aromatic heterocycles. The molecule has 2 fully saturated rings. The summed E-state index contributed by atoms with van der Waals surface area (Å²) in [5, 5.41) is 0. The van der Waals surface area contributed by atoms with Crippen molar-refractivity contribution >= 4 is 15.9 Å². The number of rotatable bonds is 2. The molecular weight excluding hydrogens is 278 g/mol. The van der Waals surface area contributed by atoms with Crippen LogP contribution in [0.25, 0.3) is 0 Å². The van der Waals surface area contributed by atoms with Crippen LogP contribution in [0, 0.1) is 0 Å². The van der Waals surface area contributed by atoms with E-state index in [1.165, 1.54) is 44.6 Å². The van der Waals surface area contributed by atoms with Crippen LogP contribution in [0.5, 0.6) is 0 Å². The maximum atomic E-state index is 4.23. The minimum Gasteiger partial charge on any atom is -0.298 e. The number of piperazine rings is 1. The molecule has 2 saturated heterocycles. The van der Waals surface area contributed by atoms with Gasteiger partial charge in [0.05, 0.1) is 0 Å². The summed E-state index contributed by atoms with van der Waals surface area (Å²) in [5.74, 6) is 0. The van der Waals surface area contributed by atoms with Crippen molar-refractivity contribution in [2.75, 3.05) is 26.2 Å². The summed E-state index contributed by atoms with van der Waals surface area (Å²) in [6, 6.07) is 2.98. The minimum absolute atomic E-state index is 0.809. The van der Waals surface area contributed by atoms with Gasteiger partial charge in [0.25, 0.3) is 0 Å². The molecule has 17 heavy (non-hydrogen) atoms. The van der Waals surface area contributed by atoms with Gasteiger partial charge < -0.3 is 0 Å². The molecule has 0 radical (unpaired) electrons. The van der Waals surface area contributed by atoms with Crippen LogP contribution in [-0.2, 0) is 6.54 Å². The van der Waals surface area contributed by atoms with Crippen molar-refractivity contribution in [3.05, 3.63) is 28.5 Å². The Hall–Kier alpha value is -0.450. The molecule has 4 heteroatoms. The summed E-state index contributed by atoms with van der Waals surface area (Å²) in [6.45, 7) is 6.02. The van der Waals surface area contributed by atoms with Crippen molar-refractivity contribution < 1.29 is 0 Å². The zero-order valence-corrected chi connectivity index (χ0v) is 11.6. The second-order valence-electron chi connectivity index (χ2n) is 5.08. The third-order valence-electron chi connectivity index (χ3n) is 3.84. The monoisotopic (exact) mass is 295 g/mol. The van der Waals surface area contributed by atoms with Gasteiger partial charge in [0.2, 0.25) is 0 Å². The van der Waals surface area contributed by atoms with Crippen LogP contribution >= 0.6 is 15.9 Å². The molecular formula is C13H18BrN3. The number of hydrogen-bond donors (Lipinski definition) is 0. The Morgan fingerprint density at radius 2 is 2.24 bits per heavy atom. The fourth-order valence-corrected chi connectivity index (χ4v) is 3.41. The van der Waals surface area contributed by atoms with Crippen LogP contribution in [0.15, 0.2) is 22.9 Å². The van der Waals surface area contributed by atoms with Gasteiger partial charge in [-0.3, -0.25) is 14.8 Å². The highest BCUT2D eigenvalue weighted by atomic mass is 79.9. The fourth-order valence-electron chi connectivity index (χ4n) is 3.00. The second kappa shape index (κ2) is 5.04. The van der Waals surface area contributed by atoms with E-state index in [1.807, 2.05) is 12.4 Å². The first kappa shape index (κ1) is 11.6. The summed E-state index contributed by atoms with van der Waals surface area (Å²) < 4.78 is 1.08. The van der Waals surface area contributed by atoms with E-state index in [0.717, 1.165) is 17.1 Å². The Kier molecular flexibility index (Phi) is 3.45. The molecule has 0 aliphatic carbocycles. The minimum atomic E-state index is 0.809. The average Bonchev–Trinajstić information content (AvgIpc) is 2.76. The number of hydrogen-bond acceptors (Lipinski definition) is 3. The van der Waals surface area contributed by atoms with Crippen LogP contribution in [0.4, 0.5) is 0 Å². The predicted octanol–water partition coefficient (Wildman–Crippen LogP) is 2.12. The Labute approximate surface area is 111 Å². The number of pyridine rings is 1. The van der Waals surface area contributed by atoms with Gasteiger partial charge in [-0.05, 0) is 46.9 Å². The van der Waals surface area contributed by atoms with Gasteiger partial charge in [-0.25, -0.2) is 0 Å². The quantitative estimate of drug-likeness (QED) is 0.833. The molecule has 0 N–H and O–H groups in total. The molecule has 0 amide bonds. The zero-order chi connectivity index (χ0) is 11.7. The van der Waals surface area contributed by atoms with Gasteiger partial charge in [-0.15, -0.1) is 0 Å². The van der Waals surface area contributed by atoms with Crippen molar-refractivity contribution in [1.29, 1.82) is 0 Å². The van der Waals surface area contributed by atoms with E-state index in [0.29, 0.717) is 0 Å². The Balaban J connectivity index is 1.62. The van der Waals surface area contributed by atoms with E-state index < -0.39 is 0 Å². The lowest BCUT2D eigenvalue weighted by atomic mass is 10.1. The molecule has 1 atom stereocenters. The molecule has 3 heterocycles. The van der Waals surface area contributed by atoms with Crippen molar-refractivity contribution in [3.63, 3.8) is 0 Å². The molecule has 1 unspecified atom stereocenters. The summed E-state index contributed by atoms with van der Waals surface area (Å²) in [6.07, 6.45) is 6.59. The maximum absolute atomic E-state index is 4.23. The summed E-state index contributed by atoms with van der Waals surface area (Å²) >= 11 is 3.48. The van der Waals surface area contributed by atoms with Crippen LogP contribution in [-0.4, -0.2) is 47.0 Å². The molecule has 0 spiro atoms. The molecule has 0 aromatic carbocycles. The molecule has 3 nitrogen and oxygen atoms in total. The van der Waals surface area contributed by atoms with E-state index >= 15 is 0 Å². The van der Waals surface area contributed by atoms with Crippen molar-refractivity contribution in [1.82, 2.24) is 14.8 Å². The number of nitrogens with zero attached hydrogens (tertiary/aromatic N) is 3. The molecule has 2 aliphatic heterocycles. The van der Waals surface area contributed by atoms with Crippen LogP contribution in [0.1, 0.15) is 18.4 Å². The summed E-state index contributed by atoms with van der Waals surface area (Å²) in [5.41, 5.74) is 1.31. The molecule has 3 rings (SSSR count). The van der Waals surface area contributed by atoms with Crippen LogP contribution in [0.3, 0.4) is 0 Å². The zero-order valence-electron chi connectivity index (χ0n) is 9.98. The smallest absolute Gasteiger partial charge is 0.0410 e. The number of halogens is 1. The van der Waals surface area contributed by atoms with Gasteiger partial charge in [-0.1, -0.05) is 0 Å². The van der Waals surface area contributed by atoms with Crippen molar-refractivity contribution in [2.24, 2.45) is 0 Å².